The van der Waals surface area contributed by atoms with Crippen LogP contribution in [0.5, 0.6) is 0 Å². The number of hydrogen-bond donors (Lipinski definition) is 1. The Morgan fingerprint density at radius 3 is 2.75 bits per heavy atom. The number of nitrogens with two attached hydrogens (primary N) is 1. The van der Waals surface area contributed by atoms with Crippen molar-refractivity contribution in [3.63, 3.8) is 0 Å². The third kappa shape index (κ3) is 3.68. The quantitative estimate of drug-likeness (QED) is 0.487. The van der Waals surface area contributed by atoms with Crippen molar-refractivity contribution >= 4 is 11.4 Å². The zero-order valence-corrected chi connectivity index (χ0v) is 11.9. The average Bonchev–Trinajstić information content (AvgIpc) is 2.91. The summed E-state index contributed by atoms with van der Waals surface area (Å²) in [5.41, 5.74) is 6.97. The van der Waals surface area contributed by atoms with E-state index in [1.807, 2.05) is 13.1 Å². The van der Waals surface area contributed by atoms with Crippen molar-refractivity contribution in [1.82, 2.24) is 9.80 Å². The third-order valence-electron chi connectivity index (χ3n) is 3.81. The summed E-state index contributed by atoms with van der Waals surface area (Å²) in [6.07, 6.45) is 2.59. The number of hydrogen-bond acceptors (Lipinski definition) is 5. The maximum atomic E-state index is 10.9. The first-order valence-electron chi connectivity index (χ1n) is 7.00. The Morgan fingerprint density at radius 2 is 2.10 bits per heavy atom. The maximum absolute atomic E-state index is 10.9. The summed E-state index contributed by atoms with van der Waals surface area (Å²) < 4.78 is 0. The molecule has 1 aliphatic heterocycles. The number of nitro benzene ring substituents is 1. The molecule has 0 bridgehead atoms. The molecule has 1 fully saturated rings. The molecule has 0 aromatic heterocycles. The summed E-state index contributed by atoms with van der Waals surface area (Å²) in [4.78, 5) is 15.0. The average molecular weight is 278 g/mol. The lowest BCUT2D eigenvalue weighted by Crippen LogP contribution is -2.31. The lowest BCUT2D eigenvalue weighted by molar-refractivity contribution is -0.384. The monoisotopic (exact) mass is 278 g/mol. The molecule has 0 unspecified atom stereocenters. The van der Waals surface area contributed by atoms with Crippen LogP contribution < -0.4 is 5.73 Å². The molecule has 1 heterocycles. The number of likely N-dealkylation sites (N-methyl/N-ethyl adjacent to an activating group) is 1. The molecule has 0 atom stereocenters. The SMILES string of the molecule is CN(CCN1CCCC1)Cc1cccc([N+](=O)[O-])c1N. The van der Waals surface area contributed by atoms with Crippen molar-refractivity contribution < 1.29 is 4.92 Å². The van der Waals surface area contributed by atoms with E-state index < -0.39 is 4.92 Å². The molecule has 20 heavy (non-hydrogen) atoms. The van der Waals surface area contributed by atoms with Gasteiger partial charge >= 0.3 is 0 Å². The van der Waals surface area contributed by atoms with Gasteiger partial charge in [0.05, 0.1) is 4.92 Å². The van der Waals surface area contributed by atoms with Gasteiger partial charge in [0.25, 0.3) is 5.69 Å². The molecule has 1 saturated heterocycles. The van der Waals surface area contributed by atoms with Crippen LogP contribution >= 0.6 is 0 Å². The number of para-hydroxylation sites is 1. The van der Waals surface area contributed by atoms with E-state index >= 15 is 0 Å². The molecule has 1 aromatic rings. The normalized spacial score (nSPS) is 15.9. The van der Waals surface area contributed by atoms with Gasteiger partial charge in [-0.15, -0.1) is 0 Å². The van der Waals surface area contributed by atoms with Crippen LogP contribution in [0.2, 0.25) is 0 Å². The summed E-state index contributed by atoms with van der Waals surface area (Å²) >= 11 is 0. The molecular weight excluding hydrogens is 256 g/mol. The Bertz CT molecular complexity index is 472. The maximum Gasteiger partial charge on any atom is 0.292 e. The Balaban J connectivity index is 1.91. The predicted octanol–water partition coefficient (Wildman–Crippen LogP) is 1.70. The van der Waals surface area contributed by atoms with Crippen LogP contribution in [0.1, 0.15) is 18.4 Å². The Labute approximate surface area is 119 Å². The summed E-state index contributed by atoms with van der Waals surface area (Å²) in [7, 11) is 2.02. The number of nitrogen functional groups attached to an aromatic ring is 1. The van der Waals surface area contributed by atoms with Gasteiger partial charge in [-0.05, 0) is 38.5 Å². The first-order chi connectivity index (χ1) is 9.58. The Kier molecular flexibility index (Phi) is 4.92. The van der Waals surface area contributed by atoms with Crippen LogP contribution in [0.4, 0.5) is 11.4 Å². The molecule has 2 N–H and O–H groups in total. The number of likely N-dealkylation sites (tertiary alicyclic amines) is 1. The fourth-order valence-corrected chi connectivity index (χ4v) is 2.58. The first-order valence-corrected chi connectivity index (χ1v) is 7.00. The van der Waals surface area contributed by atoms with Crippen LogP contribution in [0.25, 0.3) is 0 Å². The Morgan fingerprint density at radius 1 is 1.40 bits per heavy atom. The van der Waals surface area contributed by atoms with E-state index in [2.05, 4.69) is 9.80 Å². The minimum absolute atomic E-state index is 0.00422. The van der Waals surface area contributed by atoms with Gasteiger partial charge in [-0.2, -0.15) is 0 Å². The van der Waals surface area contributed by atoms with E-state index in [-0.39, 0.29) is 11.4 Å². The highest BCUT2D eigenvalue weighted by molar-refractivity contribution is 5.62. The lowest BCUT2D eigenvalue weighted by Gasteiger charge is -2.21. The van der Waals surface area contributed by atoms with Crippen LogP contribution in [0, 0.1) is 10.1 Å². The van der Waals surface area contributed by atoms with Crippen LogP contribution in [-0.4, -0.2) is 47.9 Å². The van der Waals surface area contributed by atoms with Crippen LogP contribution in [0.15, 0.2) is 18.2 Å². The van der Waals surface area contributed by atoms with Crippen LogP contribution in [0.3, 0.4) is 0 Å². The largest absolute Gasteiger partial charge is 0.393 e. The number of benzene rings is 1. The summed E-state index contributed by atoms with van der Waals surface area (Å²) in [6, 6.07) is 5.00. The summed E-state index contributed by atoms with van der Waals surface area (Å²) in [5, 5.41) is 10.9. The van der Waals surface area contributed by atoms with Gasteiger partial charge in [-0.3, -0.25) is 10.1 Å². The van der Waals surface area contributed by atoms with Crippen LogP contribution in [-0.2, 0) is 6.54 Å². The molecule has 6 nitrogen and oxygen atoms in total. The fourth-order valence-electron chi connectivity index (χ4n) is 2.58. The highest BCUT2D eigenvalue weighted by Gasteiger charge is 2.16. The van der Waals surface area contributed by atoms with Crippen molar-refractivity contribution in [2.24, 2.45) is 0 Å². The van der Waals surface area contributed by atoms with Crippen molar-refractivity contribution in [2.75, 3.05) is 39.0 Å². The molecule has 2 rings (SSSR count). The molecule has 110 valence electrons. The number of nitrogens with zero attached hydrogens (tertiary/aromatic N) is 3. The van der Waals surface area contributed by atoms with Gasteiger partial charge in [0.15, 0.2) is 0 Å². The Hall–Kier alpha value is -1.66. The van der Waals surface area contributed by atoms with Gasteiger partial charge in [0, 0.05) is 25.7 Å². The van der Waals surface area contributed by atoms with Crippen molar-refractivity contribution in [3.8, 4) is 0 Å². The molecule has 0 aliphatic carbocycles. The fraction of sp³-hybridized carbons (Fsp3) is 0.571. The van der Waals surface area contributed by atoms with Gasteiger partial charge in [-0.25, -0.2) is 0 Å². The molecule has 0 saturated carbocycles. The molecule has 1 aliphatic rings. The topological polar surface area (TPSA) is 75.6 Å². The van der Waals surface area contributed by atoms with Crippen molar-refractivity contribution in [3.05, 3.63) is 33.9 Å². The summed E-state index contributed by atoms with van der Waals surface area (Å²) in [6.45, 7) is 5.01. The summed E-state index contributed by atoms with van der Waals surface area (Å²) in [5.74, 6) is 0. The van der Waals surface area contributed by atoms with E-state index in [1.165, 1.54) is 32.0 Å². The first kappa shape index (κ1) is 14.7. The van der Waals surface area contributed by atoms with Gasteiger partial charge in [0.2, 0.25) is 0 Å². The van der Waals surface area contributed by atoms with Crippen molar-refractivity contribution in [1.29, 1.82) is 0 Å². The highest BCUT2D eigenvalue weighted by atomic mass is 16.6. The molecule has 6 heteroatoms. The van der Waals surface area contributed by atoms with E-state index in [0.29, 0.717) is 6.54 Å². The van der Waals surface area contributed by atoms with E-state index in [4.69, 9.17) is 5.73 Å². The molecule has 0 radical (unpaired) electrons. The highest BCUT2D eigenvalue weighted by Crippen LogP contribution is 2.25. The zero-order valence-electron chi connectivity index (χ0n) is 11.9. The molecule has 1 aromatic carbocycles. The molecular formula is C14H22N4O2. The molecule has 0 amide bonds. The van der Waals surface area contributed by atoms with Crippen molar-refractivity contribution in [2.45, 2.75) is 19.4 Å². The van der Waals surface area contributed by atoms with E-state index in [9.17, 15) is 10.1 Å². The number of anilines is 1. The third-order valence-corrected chi connectivity index (χ3v) is 3.81. The second-order valence-corrected chi connectivity index (χ2v) is 5.39. The standard InChI is InChI=1S/C14H22N4O2/c1-16(9-10-17-7-2-3-8-17)11-12-5-4-6-13(14(12)15)18(19)20/h4-6H,2-3,7-11,15H2,1H3. The van der Waals surface area contributed by atoms with E-state index in [0.717, 1.165) is 18.7 Å². The second kappa shape index (κ2) is 6.67. The zero-order chi connectivity index (χ0) is 14.5. The second-order valence-electron chi connectivity index (χ2n) is 5.39. The van der Waals surface area contributed by atoms with Gasteiger partial charge < -0.3 is 15.5 Å². The predicted molar refractivity (Wildman–Crippen MR) is 79.5 cm³/mol. The smallest absolute Gasteiger partial charge is 0.292 e. The van der Waals surface area contributed by atoms with Gasteiger partial charge in [0.1, 0.15) is 5.69 Å². The minimum Gasteiger partial charge on any atom is -0.393 e. The minimum atomic E-state index is -0.428. The van der Waals surface area contributed by atoms with E-state index in [1.54, 1.807) is 6.07 Å². The number of nitro groups is 1. The number of rotatable bonds is 6. The van der Waals surface area contributed by atoms with Gasteiger partial charge in [-0.1, -0.05) is 12.1 Å². The lowest BCUT2D eigenvalue weighted by atomic mass is 10.1. The molecule has 0 spiro atoms.